The topological polar surface area (TPSA) is 61.8 Å². The van der Waals surface area contributed by atoms with Crippen LogP contribution in [-0.4, -0.2) is 30.9 Å². The Labute approximate surface area is 73.5 Å². The Kier molecular flexibility index (Phi) is 3.16. The lowest BCUT2D eigenvalue weighted by Crippen LogP contribution is -2.13. The largest absolute Gasteiger partial charge is 0.508 e. The molecule has 0 radical (unpaired) electrons. The predicted octanol–water partition coefficient (Wildman–Crippen LogP) is 1.29. The van der Waals surface area contributed by atoms with Crippen LogP contribution in [0.3, 0.4) is 0 Å². The van der Waals surface area contributed by atoms with E-state index in [0.717, 1.165) is 0 Å². The van der Waals surface area contributed by atoms with Crippen LogP contribution in [0.5, 0.6) is 0 Å². The van der Waals surface area contributed by atoms with Gasteiger partial charge in [0.15, 0.2) is 0 Å². The maximum atomic E-state index is 10.4. The number of carbonyl (C=O) groups is 2. The lowest BCUT2D eigenvalue weighted by atomic mass is 10.3. The van der Waals surface area contributed by atoms with Crippen LogP contribution < -0.4 is 0 Å². The van der Waals surface area contributed by atoms with Gasteiger partial charge in [-0.1, -0.05) is 0 Å². The van der Waals surface area contributed by atoms with Crippen molar-refractivity contribution in [3.05, 3.63) is 0 Å². The molecule has 0 spiro atoms. The van der Waals surface area contributed by atoms with Crippen molar-refractivity contribution >= 4 is 23.2 Å². The molecule has 1 rings (SSSR count). The van der Waals surface area contributed by atoms with E-state index < -0.39 is 11.6 Å². The van der Waals surface area contributed by atoms with E-state index in [9.17, 15) is 9.59 Å². The predicted molar refractivity (Wildman–Crippen MR) is 38.0 cm³/mol. The molecule has 1 atom stereocenters. The van der Waals surface area contributed by atoms with E-state index in [-0.39, 0.29) is 19.3 Å². The fourth-order valence-corrected chi connectivity index (χ4v) is 0.855. The second kappa shape index (κ2) is 4.15. The fraction of sp³-hybridized carbons (Fsp3) is 0.667. The van der Waals surface area contributed by atoms with Crippen LogP contribution in [0.2, 0.25) is 0 Å². The van der Waals surface area contributed by atoms with E-state index in [1.165, 1.54) is 0 Å². The number of hydrogen-bond donors (Lipinski definition) is 0. The maximum Gasteiger partial charge on any atom is 0.508 e. The van der Waals surface area contributed by atoms with Gasteiger partial charge in [0, 0.05) is 18.0 Å². The second-order valence-electron chi connectivity index (χ2n) is 2.18. The zero-order chi connectivity index (χ0) is 8.97. The molecule has 0 bridgehead atoms. The highest BCUT2D eigenvalue weighted by atomic mass is 35.5. The van der Waals surface area contributed by atoms with Crippen molar-refractivity contribution in [1.29, 1.82) is 0 Å². The van der Waals surface area contributed by atoms with Gasteiger partial charge in [0.2, 0.25) is 0 Å². The summed E-state index contributed by atoms with van der Waals surface area (Å²) in [6.07, 6.45) is -0.602. The van der Waals surface area contributed by atoms with E-state index in [4.69, 9.17) is 11.6 Å². The van der Waals surface area contributed by atoms with Gasteiger partial charge in [-0.3, -0.25) is 0 Å². The molecule has 68 valence electrons. The Hall–Kier alpha value is -0.970. The minimum atomic E-state index is -0.861. The van der Waals surface area contributed by atoms with E-state index in [1.54, 1.807) is 0 Å². The van der Waals surface area contributed by atoms with Gasteiger partial charge in [-0.05, 0) is 0 Å². The monoisotopic (exact) mass is 194 g/mol. The number of halogens is 1. The molecule has 1 aliphatic rings. The number of carbonyl (C=O) groups excluding carboxylic acids is 2. The number of hydrogen-bond acceptors (Lipinski definition) is 5. The van der Waals surface area contributed by atoms with Gasteiger partial charge >= 0.3 is 11.6 Å². The summed E-state index contributed by atoms with van der Waals surface area (Å²) < 4.78 is 13.6. The van der Waals surface area contributed by atoms with Gasteiger partial charge in [-0.25, -0.2) is 9.59 Å². The molecule has 0 aromatic carbocycles. The second-order valence-corrected chi connectivity index (χ2v) is 2.48. The van der Waals surface area contributed by atoms with Crippen molar-refractivity contribution in [2.45, 2.75) is 12.5 Å². The summed E-state index contributed by atoms with van der Waals surface area (Å²) in [5.41, 5.74) is -0.861. The van der Waals surface area contributed by atoms with Crippen LogP contribution in [0, 0.1) is 0 Å². The van der Waals surface area contributed by atoms with E-state index in [0.29, 0.717) is 6.42 Å². The average Bonchev–Trinajstić information content (AvgIpc) is 2.35. The number of cyclic esters (lactones) is 2. The molecule has 0 amide bonds. The normalized spacial score (nSPS) is 21.4. The summed E-state index contributed by atoms with van der Waals surface area (Å²) in [6, 6.07) is 0. The molecular formula is C6H7ClO5. The standard InChI is InChI=1S/C6H7ClO5/c7-5(8)10-2-1-4-3-11-6(9)12-4/h4H,1-3H2. The molecule has 1 fully saturated rings. The summed E-state index contributed by atoms with van der Waals surface area (Å²) in [5, 5.41) is 0. The van der Waals surface area contributed by atoms with Crippen LogP contribution in [0.1, 0.15) is 6.42 Å². The third-order valence-electron chi connectivity index (χ3n) is 1.31. The van der Waals surface area contributed by atoms with Crippen molar-refractivity contribution in [2.75, 3.05) is 13.2 Å². The summed E-state index contributed by atoms with van der Waals surface area (Å²) >= 11 is 4.89. The minimum absolute atomic E-state index is 0.129. The molecule has 12 heavy (non-hydrogen) atoms. The Balaban J connectivity index is 2.08. The van der Waals surface area contributed by atoms with E-state index in [1.807, 2.05) is 0 Å². The zero-order valence-electron chi connectivity index (χ0n) is 6.12. The van der Waals surface area contributed by atoms with Crippen LogP contribution in [-0.2, 0) is 14.2 Å². The summed E-state index contributed by atoms with van der Waals surface area (Å²) in [7, 11) is 0. The Morgan fingerprint density at radius 3 is 3.00 bits per heavy atom. The summed E-state index contributed by atoms with van der Waals surface area (Å²) in [4.78, 5) is 20.5. The SMILES string of the molecule is O=C(Cl)OCCC1COC(=O)O1. The molecule has 1 saturated heterocycles. The van der Waals surface area contributed by atoms with Crippen molar-refractivity contribution in [2.24, 2.45) is 0 Å². The highest BCUT2D eigenvalue weighted by Crippen LogP contribution is 2.09. The molecule has 0 N–H and O–H groups in total. The fourth-order valence-electron chi connectivity index (χ4n) is 0.778. The van der Waals surface area contributed by atoms with Crippen molar-refractivity contribution in [3.63, 3.8) is 0 Å². The Bertz CT molecular complexity index is 192. The molecular weight excluding hydrogens is 188 g/mol. The van der Waals surface area contributed by atoms with Crippen LogP contribution in [0.4, 0.5) is 9.59 Å². The molecule has 1 aliphatic heterocycles. The maximum absolute atomic E-state index is 10.4. The zero-order valence-corrected chi connectivity index (χ0v) is 6.87. The van der Waals surface area contributed by atoms with Crippen molar-refractivity contribution in [1.82, 2.24) is 0 Å². The molecule has 0 aliphatic carbocycles. The quantitative estimate of drug-likeness (QED) is 0.500. The summed E-state index contributed by atoms with van der Waals surface area (Å²) in [5.74, 6) is 0. The van der Waals surface area contributed by atoms with Crippen LogP contribution >= 0.6 is 11.6 Å². The number of ether oxygens (including phenoxy) is 3. The third-order valence-corrected chi connectivity index (χ3v) is 1.41. The molecule has 0 saturated carbocycles. The highest BCUT2D eigenvalue weighted by molar-refractivity contribution is 6.61. The van der Waals surface area contributed by atoms with Gasteiger partial charge in [-0.2, -0.15) is 0 Å². The molecule has 0 aromatic rings. The minimum Gasteiger partial charge on any atom is -0.454 e. The van der Waals surface area contributed by atoms with Gasteiger partial charge in [0.25, 0.3) is 0 Å². The lowest BCUT2D eigenvalue weighted by Gasteiger charge is -2.04. The van der Waals surface area contributed by atoms with Gasteiger partial charge in [0.05, 0.1) is 6.61 Å². The Morgan fingerprint density at radius 2 is 2.50 bits per heavy atom. The summed E-state index contributed by atoms with van der Waals surface area (Å²) in [6.45, 7) is 0.336. The van der Waals surface area contributed by atoms with E-state index in [2.05, 4.69) is 14.2 Å². The van der Waals surface area contributed by atoms with Crippen LogP contribution in [0.25, 0.3) is 0 Å². The molecule has 5 nitrogen and oxygen atoms in total. The van der Waals surface area contributed by atoms with E-state index >= 15 is 0 Å². The van der Waals surface area contributed by atoms with Gasteiger partial charge < -0.3 is 14.2 Å². The first-order chi connectivity index (χ1) is 5.68. The molecule has 1 heterocycles. The molecule has 6 heteroatoms. The van der Waals surface area contributed by atoms with Crippen LogP contribution in [0.15, 0.2) is 0 Å². The van der Waals surface area contributed by atoms with Crippen molar-refractivity contribution in [3.8, 4) is 0 Å². The van der Waals surface area contributed by atoms with Gasteiger partial charge in [0.1, 0.15) is 12.7 Å². The first-order valence-electron chi connectivity index (χ1n) is 3.34. The number of rotatable bonds is 3. The molecule has 1 unspecified atom stereocenters. The first-order valence-corrected chi connectivity index (χ1v) is 3.72. The molecule has 0 aromatic heterocycles. The third kappa shape index (κ3) is 2.96. The first kappa shape index (κ1) is 9.12. The van der Waals surface area contributed by atoms with Crippen molar-refractivity contribution < 1.29 is 23.8 Å². The Morgan fingerprint density at radius 1 is 1.75 bits per heavy atom. The lowest BCUT2D eigenvalue weighted by molar-refractivity contribution is 0.105. The highest BCUT2D eigenvalue weighted by Gasteiger charge is 2.24. The smallest absolute Gasteiger partial charge is 0.454 e. The van der Waals surface area contributed by atoms with Gasteiger partial charge in [-0.15, -0.1) is 0 Å². The average molecular weight is 195 g/mol.